The highest BCUT2D eigenvalue weighted by Gasteiger charge is 2.33. The van der Waals surface area contributed by atoms with Crippen molar-refractivity contribution in [3.63, 3.8) is 0 Å². The van der Waals surface area contributed by atoms with E-state index >= 15 is 0 Å². The highest BCUT2D eigenvalue weighted by atomic mass is 16.2. The Hall–Kier alpha value is -2.12. The molecule has 0 radical (unpaired) electrons. The van der Waals surface area contributed by atoms with Crippen LogP contribution in [0, 0.1) is 0 Å². The van der Waals surface area contributed by atoms with E-state index in [1.807, 2.05) is 0 Å². The second-order valence-electron chi connectivity index (χ2n) is 6.17. The summed E-state index contributed by atoms with van der Waals surface area (Å²) in [5.74, 6) is 0.840. The van der Waals surface area contributed by atoms with Crippen LogP contribution in [0.4, 0.5) is 0 Å². The Kier molecular flexibility index (Phi) is 3.44. The number of allylic oxidation sites excluding steroid dienone is 2. The summed E-state index contributed by atoms with van der Waals surface area (Å²) in [5, 5.41) is 9.21. The molecule has 1 N–H and O–H groups in total. The Morgan fingerprint density at radius 3 is 2.41 bits per heavy atom. The van der Waals surface area contributed by atoms with E-state index in [1.54, 1.807) is 0 Å². The normalized spacial score (nSPS) is 21.6. The van der Waals surface area contributed by atoms with Crippen molar-refractivity contribution >= 4 is 12.2 Å². The third kappa shape index (κ3) is 2.13. The molecule has 0 heterocycles. The smallest absolute Gasteiger partial charge is 0.0434 e. The molecule has 2 unspecified atom stereocenters. The maximum absolute atomic E-state index is 9.21. The topological polar surface area (TPSA) is 20.2 Å². The average Bonchev–Trinajstić information content (AvgIpc) is 3.13. The summed E-state index contributed by atoms with van der Waals surface area (Å²) < 4.78 is 0. The fourth-order valence-electron chi connectivity index (χ4n) is 3.92. The van der Waals surface area contributed by atoms with Crippen molar-refractivity contribution in [1.29, 1.82) is 0 Å². The van der Waals surface area contributed by atoms with Crippen LogP contribution in [0.3, 0.4) is 0 Å². The first-order valence-corrected chi connectivity index (χ1v) is 8.06. The van der Waals surface area contributed by atoms with Gasteiger partial charge in [0.2, 0.25) is 0 Å². The van der Waals surface area contributed by atoms with Crippen LogP contribution in [0.5, 0.6) is 0 Å². The molecule has 0 amide bonds. The molecule has 1 nitrogen and oxygen atoms in total. The molecule has 2 aromatic rings. The van der Waals surface area contributed by atoms with Gasteiger partial charge >= 0.3 is 0 Å². The maximum atomic E-state index is 9.21. The number of hydrogen-bond donors (Lipinski definition) is 1. The van der Waals surface area contributed by atoms with E-state index < -0.39 is 0 Å². The molecule has 0 spiro atoms. The van der Waals surface area contributed by atoms with E-state index in [0.29, 0.717) is 11.8 Å². The maximum Gasteiger partial charge on any atom is 0.0434 e. The van der Waals surface area contributed by atoms with Gasteiger partial charge in [-0.3, -0.25) is 0 Å². The van der Waals surface area contributed by atoms with Gasteiger partial charge in [-0.1, -0.05) is 72.3 Å². The van der Waals surface area contributed by atoms with Gasteiger partial charge in [-0.05, 0) is 35.1 Å². The Labute approximate surface area is 131 Å². The van der Waals surface area contributed by atoms with Crippen molar-refractivity contribution < 1.29 is 5.11 Å². The number of rotatable bonds is 4. The van der Waals surface area contributed by atoms with Crippen molar-refractivity contribution in [2.24, 2.45) is 0 Å². The third-order valence-corrected chi connectivity index (χ3v) is 4.89. The quantitative estimate of drug-likeness (QED) is 0.860. The fourth-order valence-corrected chi connectivity index (χ4v) is 3.92. The van der Waals surface area contributed by atoms with Gasteiger partial charge in [-0.15, -0.1) is 0 Å². The van der Waals surface area contributed by atoms with E-state index in [9.17, 15) is 5.11 Å². The SMILES string of the molecule is OCCCC1=Cc2ccccc2C1C1C=Cc2ccccc21. The largest absolute Gasteiger partial charge is 0.396 e. The van der Waals surface area contributed by atoms with E-state index in [0.717, 1.165) is 12.8 Å². The molecule has 2 aromatic carbocycles. The summed E-state index contributed by atoms with van der Waals surface area (Å²) in [4.78, 5) is 0. The molecule has 0 aliphatic heterocycles. The summed E-state index contributed by atoms with van der Waals surface area (Å²) >= 11 is 0. The lowest BCUT2D eigenvalue weighted by atomic mass is 9.79. The molecule has 0 bridgehead atoms. The van der Waals surface area contributed by atoms with Crippen LogP contribution < -0.4 is 0 Å². The monoisotopic (exact) mass is 288 g/mol. The Morgan fingerprint density at radius 2 is 1.59 bits per heavy atom. The molecule has 110 valence electrons. The molecule has 2 aliphatic carbocycles. The number of fused-ring (bicyclic) bond motifs is 2. The molecule has 2 aliphatic rings. The first-order chi connectivity index (χ1) is 10.9. The predicted octanol–water partition coefficient (Wildman–Crippen LogP) is 4.75. The van der Waals surface area contributed by atoms with Crippen molar-refractivity contribution in [3.05, 3.63) is 82.4 Å². The zero-order valence-corrected chi connectivity index (χ0v) is 12.6. The molecular formula is C21H20O. The fraction of sp³-hybridized carbons (Fsp3) is 0.238. The molecule has 0 fully saturated rings. The number of hydrogen-bond acceptors (Lipinski definition) is 1. The number of aliphatic hydroxyl groups is 1. The van der Waals surface area contributed by atoms with Crippen molar-refractivity contribution in [3.8, 4) is 0 Å². The Bertz CT molecular complexity index is 754. The molecule has 1 heteroatoms. The number of benzene rings is 2. The Balaban J connectivity index is 1.76. The summed E-state index contributed by atoms with van der Waals surface area (Å²) in [7, 11) is 0. The molecule has 0 saturated carbocycles. The van der Waals surface area contributed by atoms with Gasteiger partial charge in [0.1, 0.15) is 0 Å². The lowest BCUT2D eigenvalue weighted by Crippen LogP contribution is -2.09. The lowest BCUT2D eigenvalue weighted by molar-refractivity contribution is 0.287. The van der Waals surface area contributed by atoms with Crippen LogP contribution in [-0.2, 0) is 0 Å². The molecule has 2 atom stereocenters. The average molecular weight is 288 g/mol. The van der Waals surface area contributed by atoms with Gasteiger partial charge in [0.25, 0.3) is 0 Å². The first kappa shape index (κ1) is 13.5. The van der Waals surface area contributed by atoms with Gasteiger partial charge in [-0.2, -0.15) is 0 Å². The zero-order valence-electron chi connectivity index (χ0n) is 12.6. The van der Waals surface area contributed by atoms with Gasteiger partial charge in [-0.25, -0.2) is 0 Å². The molecule has 22 heavy (non-hydrogen) atoms. The van der Waals surface area contributed by atoms with Gasteiger partial charge in [0.05, 0.1) is 0 Å². The van der Waals surface area contributed by atoms with Gasteiger partial charge in [0.15, 0.2) is 0 Å². The second-order valence-corrected chi connectivity index (χ2v) is 6.17. The molecule has 0 aromatic heterocycles. The lowest BCUT2D eigenvalue weighted by Gasteiger charge is -2.24. The Morgan fingerprint density at radius 1 is 0.864 bits per heavy atom. The minimum atomic E-state index is 0.261. The molecule has 4 rings (SSSR count). The van der Waals surface area contributed by atoms with Crippen molar-refractivity contribution in [2.45, 2.75) is 24.7 Å². The van der Waals surface area contributed by atoms with Crippen LogP contribution >= 0.6 is 0 Å². The van der Waals surface area contributed by atoms with Crippen molar-refractivity contribution in [1.82, 2.24) is 0 Å². The zero-order chi connectivity index (χ0) is 14.9. The summed E-state index contributed by atoms with van der Waals surface area (Å²) in [6.45, 7) is 0.261. The highest BCUT2D eigenvalue weighted by Crippen LogP contribution is 2.50. The van der Waals surface area contributed by atoms with Crippen LogP contribution in [0.25, 0.3) is 12.2 Å². The minimum Gasteiger partial charge on any atom is -0.396 e. The van der Waals surface area contributed by atoms with E-state index in [4.69, 9.17) is 0 Å². The van der Waals surface area contributed by atoms with Crippen LogP contribution in [-0.4, -0.2) is 11.7 Å². The highest BCUT2D eigenvalue weighted by molar-refractivity contribution is 5.71. The predicted molar refractivity (Wildman–Crippen MR) is 91.7 cm³/mol. The van der Waals surface area contributed by atoms with E-state index in [-0.39, 0.29) is 6.61 Å². The van der Waals surface area contributed by atoms with Gasteiger partial charge in [0, 0.05) is 18.4 Å². The van der Waals surface area contributed by atoms with Crippen LogP contribution in [0.2, 0.25) is 0 Å². The van der Waals surface area contributed by atoms with Gasteiger partial charge < -0.3 is 5.11 Å². The van der Waals surface area contributed by atoms with Crippen molar-refractivity contribution in [2.75, 3.05) is 6.61 Å². The van der Waals surface area contributed by atoms with Crippen LogP contribution in [0.15, 0.2) is 60.2 Å². The second kappa shape index (κ2) is 5.58. The molecule has 0 saturated heterocycles. The number of aliphatic hydroxyl groups excluding tert-OH is 1. The molecular weight excluding hydrogens is 268 g/mol. The van der Waals surface area contributed by atoms with E-state index in [1.165, 1.54) is 27.8 Å². The van der Waals surface area contributed by atoms with Crippen LogP contribution in [0.1, 0.15) is 46.9 Å². The minimum absolute atomic E-state index is 0.261. The summed E-state index contributed by atoms with van der Waals surface area (Å²) in [6, 6.07) is 17.4. The first-order valence-electron chi connectivity index (χ1n) is 8.06. The summed E-state index contributed by atoms with van der Waals surface area (Å²) in [6.07, 6.45) is 8.76. The third-order valence-electron chi connectivity index (χ3n) is 4.89. The standard InChI is InChI=1S/C21H20O/c22-13-5-8-17-14-16-7-2-4-10-19(16)21(17)20-12-11-15-6-1-3-9-18(15)20/h1-4,6-7,9-12,14,20-22H,5,8,13H2. The van der Waals surface area contributed by atoms with E-state index in [2.05, 4.69) is 66.8 Å². The summed E-state index contributed by atoms with van der Waals surface area (Å²) in [5.41, 5.74) is 7.01.